The van der Waals surface area contributed by atoms with Crippen LogP contribution in [0.15, 0.2) is 59.9 Å². The summed E-state index contributed by atoms with van der Waals surface area (Å²) in [7, 11) is -1.09. The maximum absolute atomic E-state index is 13.1. The molecule has 1 aliphatic heterocycles. The normalized spacial score (nSPS) is 13.8. The van der Waals surface area contributed by atoms with Crippen LogP contribution >= 0.6 is 13.5 Å². The minimum atomic E-state index is -1.09. The molecule has 6 nitrogen and oxygen atoms in total. The number of pyridine rings is 1. The van der Waals surface area contributed by atoms with E-state index in [0.29, 0.717) is 17.0 Å². The molecular weight excluding hydrogens is 385 g/mol. The minimum Gasteiger partial charge on any atom is -0.522 e. The third kappa shape index (κ3) is 4.19. The van der Waals surface area contributed by atoms with Gasteiger partial charge >= 0.3 is 7.12 Å². The zero-order valence-corrected chi connectivity index (χ0v) is 17.0. The first-order valence-corrected chi connectivity index (χ1v) is 9.15. The summed E-state index contributed by atoms with van der Waals surface area (Å²) in [6.45, 7) is 1.84. The Labute approximate surface area is 176 Å². The van der Waals surface area contributed by atoms with Gasteiger partial charge in [-0.2, -0.15) is 13.5 Å². The van der Waals surface area contributed by atoms with E-state index < -0.39 is 13.0 Å². The molecule has 0 aliphatic carbocycles. The number of carbonyl (C=O) groups is 1. The number of hydrogen-bond donors (Lipinski definition) is 2. The molecule has 0 bridgehead atoms. The number of Topliss-reactive ketones (excluding diaryl/α,β-unsaturated/α-hetero) is 1. The van der Waals surface area contributed by atoms with Crippen molar-refractivity contribution in [1.82, 2.24) is 4.98 Å². The summed E-state index contributed by atoms with van der Waals surface area (Å²) >= 11 is 0. The second kappa shape index (κ2) is 8.77. The molecule has 3 N–H and O–H groups in total. The molecule has 0 radical (unpaired) electrons. The molecule has 0 saturated carbocycles. The summed E-state index contributed by atoms with van der Waals surface area (Å²) in [6.07, 6.45) is 3.81. The second-order valence-corrected chi connectivity index (χ2v) is 6.87. The van der Waals surface area contributed by atoms with Crippen LogP contribution in [-0.2, 0) is 15.9 Å². The van der Waals surface area contributed by atoms with Gasteiger partial charge in [0.05, 0.1) is 11.6 Å². The molecule has 0 fully saturated rings. The highest BCUT2D eigenvalue weighted by atomic mass is 32.1. The smallest absolute Gasteiger partial charge is 0.522 e. The van der Waals surface area contributed by atoms with Crippen molar-refractivity contribution in [2.24, 2.45) is 10.7 Å². The van der Waals surface area contributed by atoms with Crippen molar-refractivity contribution in [3.63, 3.8) is 0 Å². The summed E-state index contributed by atoms with van der Waals surface area (Å²) in [5, 5.41) is 12.2. The van der Waals surface area contributed by atoms with E-state index in [9.17, 15) is 9.82 Å². The molecule has 1 aliphatic rings. The Morgan fingerprint density at radius 3 is 2.86 bits per heavy atom. The van der Waals surface area contributed by atoms with Gasteiger partial charge in [-0.05, 0) is 22.6 Å². The SMILES string of the molecule is CC1=Nc2c(cccc2[C@@H](CN)C(=O)Cc2ccc3cnccc3c2)B(O)O1.S. The molecule has 8 heteroatoms. The molecule has 1 aromatic heterocycles. The highest BCUT2D eigenvalue weighted by Gasteiger charge is 2.31. The molecule has 148 valence electrons. The second-order valence-electron chi connectivity index (χ2n) is 6.87. The zero-order chi connectivity index (χ0) is 19.7. The third-order valence-corrected chi connectivity index (χ3v) is 5.00. The average Bonchev–Trinajstić information content (AvgIpc) is 2.69. The van der Waals surface area contributed by atoms with Crippen LogP contribution in [0.3, 0.4) is 0 Å². The fourth-order valence-electron chi connectivity index (χ4n) is 3.60. The van der Waals surface area contributed by atoms with Crippen LogP contribution in [0.2, 0.25) is 0 Å². The number of aliphatic imine (C=N–C) groups is 1. The van der Waals surface area contributed by atoms with Crippen LogP contribution in [0.25, 0.3) is 10.8 Å². The molecule has 2 heterocycles. The van der Waals surface area contributed by atoms with Crippen LogP contribution in [0.1, 0.15) is 24.0 Å². The van der Waals surface area contributed by atoms with Crippen molar-refractivity contribution in [2.45, 2.75) is 19.3 Å². The lowest BCUT2D eigenvalue weighted by molar-refractivity contribution is -0.119. The molecule has 3 aromatic rings. The van der Waals surface area contributed by atoms with E-state index in [-0.39, 0.29) is 32.2 Å². The number of fused-ring (bicyclic) bond motifs is 2. The van der Waals surface area contributed by atoms with E-state index in [4.69, 9.17) is 10.4 Å². The van der Waals surface area contributed by atoms with E-state index in [1.165, 1.54) is 0 Å². The average molecular weight is 407 g/mol. The summed E-state index contributed by atoms with van der Waals surface area (Å²) < 4.78 is 5.26. The standard InChI is InChI=1S/C21H20BN3O3.H2S/c1-13-25-21-17(3-2-4-19(21)22(27)28-13)18(11-23)20(26)10-14-5-6-16-12-24-8-7-15(16)9-14;/h2-9,12,18,27H,10-11,23H2,1H3;1H2/t18-;/m1./s1. The summed E-state index contributed by atoms with van der Waals surface area (Å²) in [5.41, 5.74) is 8.75. The number of benzene rings is 2. The van der Waals surface area contributed by atoms with Crippen LogP contribution < -0.4 is 11.2 Å². The lowest BCUT2D eigenvalue weighted by Crippen LogP contribution is -2.39. The largest absolute Gasteiger partial charge is 0.563 e. The van der Waals surface area contributed by atoms with Gasteiger partial charge in [-0.1, -0.05) is 36.4 Å². The Balaban J connectivity index is 0.00000240. The van der Waals surface area contributed by atoms with Gasteiger partial charge in [-0.25, -0.2) is 4.99 Å². The number of rotatable bonds is 5. The van der Waals surface area contributed by atoms with Gasteiger partial charge in [0.1, 0.15) is 5.78 Å². The maximum Gasteiger partial charge on any atom is 0.563 e. The summed E-state index contributed by atoms with van der Waals surface area (Å²) in [6, 6.07) is 13.2. The van der Waals surface area contributed by atoms with Crippen molar-refractivity contribution in [2.75, 3.05) is 6.54 Å². The van der Waals surface area contributed by atoms with Crippen LogP contribution in [0.4, 0.5) is 5.69 Å². The van der Waals surface area contributed by atoms with Gasteiger partial charge in [0.25, 0.3) is 0 Å². The molecular formula is C21H22BN3O3S. The number of para-hydroxylation sites is 1. The lowest BCUT2D eigenvalue weighted by Gasteiger charge is -2.23. The van der Waals surface area contributed by atoms with Crippen molar-refractivity contribution in [3.05, 3.63) is 66.0 Å². The van der Waals surface area contributed by atoms with Crippen LogP contribution in [-0.4, -0.2) is 35.4 Å². The van der Waals surface area contributed by atoms with Crippen LogP contribution in [0, 0.1) is 0 Å². The monoisotopic (exact) mass is 407 g/mol. The topological polar surface area (TPSA) is 97.8 Å². The van der Waals surface area contributed by atoms with Crippen molar-refractivity contribution in [3.8, 4) is 0 Å². The molecule has 2 aromatic carbocycles. The molecule has 1 atom stereocenters. The van der Waals surface area contributed by atoms with Gasteiger partial charge in [0.15, 0.2) is 5.90 Å². The molecule has 0 saturated heterocycles. The van der Waals surface area contributed by atoms with Crippen molar-refractivity contribution < 1.29 is 14.5 Å². The number of nitrogens with two attached hydrogens (primary N) is 1. The fraction of sp³-hybridized carbons (Fsp3) is 0.190. The number of aromatic nitrogens is 1. The van der Waals surface area contributed by atoms with Gasteiger partial charge < -0.3 is 15.4 Å². The first-order valence-electron chi connectivity index (χ1n) is 9.15. The van der Waals surface area contributed by atoms with Gasteiger partial charge in [0.2, 0.25) is 0 Å². The Morgan fingerprint density at radius 1 is 1.24 bits per heavy atom. The predicted molar refractivity (Wildman–Crippen MR) is 121 cm³/mol. The van der Waals surface area contributed by atoms with E-state index in [0.717, 1.165) is 21.9 Å². The highest BCUT2D eigenvalue weighted by molar-refractivity contribution is 7.59. The molecule has 0 spiro atoms. The Kier molecular flexibility index (Phi) is 6.37. The van der Waals surface area contributed by atoms with E-state index in [1.807, 2.05) is 30.3 Å². The number of nitrogens with zero attached hydrogens (tertiary/aromatic N) is 2. The Hall–Kier alpha value is -2.68. The molecule has 4 rings (SSSR count). The zero-order valence-electron chi connectivity index (χ0n) is 16.0. The minimum absolute atomic E-state index is 0. The van der Waals surface area contributed by atoms with E-state index >= 15 is 0 Å². The predicted octanol–water partition coefficient (Wildman–Crippen LogP) is 1.97. The quantitative estimate of drug-likeness (QED) is 0.631. The number of ketones is 1. The van der Waals surface area contributed by atoms with Gasteiger partial charge in [-0.15, -0.1) is 0 Å². The summed E-state index contributed by atoms with van der Waals surface area (Å²) in [5.74, 6) is -0.137. The first kappa shape index (κ1) is 21.0. The number of hydrogen-bond acceptors (Lipinski definition) is 6. The third-order valence-electron chi connectivity index (χ3n) is 5.00. The first-order chi connectivity index (χ1) is 13.6. The lowest BCUT2D eigenvalue weighted by atomic mass is 9.74. The number of carbonyl (C=O) groups excluding carboxylic acids is 1. The van der Waals surface area contributed by atoms with Crippen molar-refractivity contribution in [1.29, 1.82) is 0 Å². The molecule has 0 unspecified atom stereocenters. The van der Waals surface area contributed by atoms with Gasteiger partial charge in [-0.3, -0.25) is 9.78 Å². The van der Waals surface area contributed by atoms with E-state index in [2.05, 4.69) is 9.98 Å². The fourth-order valence-corrected chi connectivity index (χ4v) is 3.60. The van der Waals surface area contributed by atoms with Crippen LogP contribution in [0.5, 0.6) is 0 Å². The Morgan fingerprint density at radius 2 is 2.07 bits per heavy atom. The van der Waals surface area contributed by atoms with E-state index in [1.54, 1.807) is 31.5 Å². The van der Waals surface area contributed by atoms with Crippen molar-refractivity contribution >= 4 is 54.2 Å². The molecule has 29 heavy (non-hydrogen) atoms. The van der Waals surface area contributed by atoms with Gasteiger partial charge in [0, 0.05) is 43.1 Å². The molecule has 0 amide bonds. The Bertz CT molecular complexity index is 1090. The highest BCUT2D eigenvalue weighted by Crippen LogP contribution is 2.29. The summed E-state index contributed by atoms with van der Waals surface area (Å²) in [4.78, 5) is 21.6. The maximum atomic E-state index is 13.1.